The number of hydrogen-bond acceptors (Lipinski definition) is 0. The molecule has 0 bridgehead atoms. The molecule has 15 heavy (non-hydrogen) atoms. The van der Waals surface area contributed by atoms with Crippen LogP contribution in [0, 0.1) is 13.8 Å². The van der Waals surface area contributed by atoms with Crippen molar-refractivity contribution in [3.05, 3.63) is 34.4 Å². The Morgan fingerprint density at radius 1 is 1.00 bits per heavy atom. The molecule has 0 saturated carbocycles. The topological polar surface area (TPSA) is 0 Å². The van der Waals surface area contributed by atoms with Crippen LogP contribution in [0.25, 0.3) is 0 Å². The highest BCUT2D eigenvalue weighted by Gasteiger charge is 2.31. The van der Waals surface area contributed by atoms with Gasteiger partial charge in [0.25, 0.3) is 0 Å². The highest BCUT2D eigenvalue weighted by molar-refractivity contribution is 5.40. The van der Waals surface area contributed by atoms with Crippen LogP contribution in [0.15, 0.2) is 12.1 Å². The molecular weight excluding hydrogens is 201 g/mol. The first-order chi connectivity index (χ1) is 6.73. The monoisotopic (exact) mass is 216 g/mol. The van der Waals surface area contributed by atoms with Crippen LogP contribution in [0.3, 0.4) is 0 Å². The number of hydrogen-bond donors (Lipinski definition) is 0. The van der Waals surface area contributed by atoms with Crippen LogP contribution < -0.4 is 0 Å². The maximum atomic E-state index is 12.5. The van der Waals surface area contributed by atoms with Crippen molar-refractivity contribution in [1.82, 2.24) is 0 Å². The molecule has 0 nitrogen and oxygen atoms in total. The lowest BCUT2D eigenvalue weighted by molar-refractivity contribution is -0.137. The summed E-state index contributed by atoms with van der Waals surface area (Å²) >= 11 is 0. The molecule has 0 radical (unpaired) electrons. The molecule has 1 aromatic rings. The van der Waals surface area contributed by atoms with Crippen LogP contribution in [0.2, 0.25) is 0 Å². The van der Waals surface area contributed by atoms with E-state index in [1.165, 1.54) is 12.1 Å². The summed E-state index contributed by atoms with van der Waals surface area (Å²) in [5, 5.41) is 0. The van der Waals surface area contributed by atoms with E-state index in [4.69, 9.17) is 0 Å². The summed E-state index contributed by atoms with van der Waals surface area (Å²) < 4.78 is 37.4. The maximum Gasteiger partial charge on any atom is 0.416 e. The van der Waals surface area contributed by atoms with Gasteiger partial charge in [0.1, 0.15) is 0 Å². The average Bonchev–Trinajstić information content (AvgIpc) is 1.99. The van der Waals surface area contributed by atoms with Crippen molar-refractivity contribution in [2.45, 2.75) is 39.8 Å². The molecular formula is C12H15F3. The molecule has 0 saturated heterocycles. The third-order valence-corrected chi connectivity index (χ3v) is 2.50. The average molecular weight is 216 g/mol. The van der Waals surface area contributed by atoms with E-state index in [9.17, 15) is 13.2 Å². The van der Waals surface area contributed by atoms with Gasteiger partial charge in [-0.2, -0.15) is 13.2 Å². The summed E-state index contributed by atoms with van der Waals surface area (Å²) in [5.74, 6) is 0.257. The van der Waals surface area contributed by atoms with Crippen molar-refractivity contribution in [2.75, 3.05) is 0 Å². The van der Waals surface area contributed by atoms with Crippen LogP contribution in [0.1, 0.15) is 42.0 Å². The van der Waals surface area contributed by atoms with Gasteiger partial charge < -0.3 is 0 Å². The third kappa shape index (κ3) is 2.52. The molecule has 0 N–H and O–H groups in total. The van der Waals surface area contributed by atoms with E-state index in [1.54, 1.807) is 13.8 Å². The minimum absolute atomic E-state index is 0.257. The molecule has 0 unspecified atom stereocenters. The van der Waals surface area contributed by atoms with E-state index in [0.29, 0.717) is 0 Å². The van der Waals surface area contributed by atoms with Gasteiger partial charge in [0.05, 0.1) is 5.56 Å². The molecule has 1 rings (SSSR count). The summed E-state index contributed by atoms with van der Waals surface area (Å²) in [4.78, 5) is 0. The quantitative estimate of drug-likeness (QED) is 0.650. The number of aryl methyl sites for hydroxylation is 2. The van der Waals surface area contributed by atoms with Crippen LogP contribution >= 0.6 is 0 Å². The lowest BCUT2D eigenvalue weighted by atomic mass is 9.91. The fraction of sp³-hybridized carbons (Fsp3) is 0.500. The number of benzene rings is 1. The molecule has 0 heterocycles. The van der Waals surface area contributed by atoms with Crippen molar-refractivity contribution in [2.24, 2.45) is 0 Å². The van der Waals surface area contributed by atoms with Gasteiger partial charge in [-0.1, -0.05) is 13.8 Å². The zero-order chi connectivity index (χ0) is 11.8. The molecule has 3 heteroatoms. The minimum atomic E-state index is -4.25. The first-order valence-electron chi connectivity index (χ1n) is 4.92. The van der Waals surface area contributed by atoms with Gasteiger partial charge >= 0.3 is 6.18 Å². The zero-order valence-corrected chi connectivity index (χ0v) is 9.37. The van der Waals surface area contributed by atoms with Gasteiger partial charge in [-0.15, -0.1) is 0 Å². The van der Waals surface area contributed by atoms with Crippen molar-refractivity contribution < 1.29 is 13.2 Å². The number of rotatable bonds is 1. The molecule has 0 fully saturated rings. The van der Waals surface area contributed by atoms with Crippen molar-refractivity contribution in [3.8, 4) is 0 Å². The van der Waals surface area contributed by atoms with Crippen LogP contribution in [-0.2, 0) is 6.18 Å². The second-order valence-corrected chi connectivity index (χ2v) is 4.18. The van der Waals surface area contributed by atoms with Crippen LogP contribution in [0.4, 0.5) is 13.2 Å². The Kier molecular flexibility index (Phi) is 3.12. The molecule has 0 atom stereocenters. The normalized spacial score (nSPS) is 12.3. The Labute approximate surface area is 88.1 Å². The summed E-state index contributed by atoms with van der Waals surface area (Å²) in [7, 11) is 0. The molecule has 1 aromatic carbocycles. The predicted octanol–water partition coefficient (Wildman–Crippen LogP) is 4.45. The highest BCUT2D eigenvalue weighted by atomic mass is 19.4. The molecule has 84 valence electrons. The number of alkyl halides is 3. The van der Waals surface area contributed by atoms with Gasteiger partial charge in [0.2, 0.25) is 0 Å². The van der Waals surface area contributed by atoms with Crippen LogP contribution in [0.5, 0.6) is 0 Å². The Morgan fingerprint density at radius 3 is 1.67 bits per heavy atom. The van der Waals surface area contributed by atoms with Crippen LogP contribution in [-0.4, -0.2) is 0 Å². The highest BCUT2D eigenvalue weighted by Crippen LogP contribution is 2.33. The summed E-state index contributed by atoms with van der Waals surface area (Å²) in [5.41, 5.74) is 1.90. The minimum Gasteiger partial charge on any atom is -0.166 e. The Bertz CT molecular complexity index is 339. The van der Waals surface area contributed by atoms with E-state index in [2.05, 4.69) is 0 Å². The Hall–Kier alpha value is -0.990. The molecule has 0 aliphatic heterocycles. The molecule has 0 aliphatic carbocycles. The van der Waals surface area contributed by atoms with E-state index >= 15 is 0 Å². The van der Waals surface area contributed by atoms with Crippen molar-refractivity contribution in [3.63, 3.8) is 0 Å². The predicted molar refractivity (Wildman–Crippen MR) is 55.0 cm³/mol. The Balaban J connectivity index is 3.32. The van der Waals surface area contributed by atoms with Crippen molar-refractivity contribution in [1.29, 1.82) is 0 Å². The first-order valence-corrected chi connectivity index (χ1v) is 4.92. The van der Waals surface area contributed by atoms with Gasteiger partial charge in [-0.3, -0.25) is 0 Å². The summed E-state index contributed by atoms with van der Waals surface area (Å²) in [6.07, 6.45) is -4.25. The Morgan fingerprint density at radius 2 is 1.40 bits per heavy atom. The molecule has 0 spiro atoms. The van der Waals surface area contributed by atoms with Gasteiger partial charge in [-0.25, -0.2) is 0 Å². The fourth-order valence-corrected chi connectivity index (χ4v) is 2.05. The van der Waals surface area contributed by atoms with E-state index in [1.807, 2.05) is 13.8 Å². The van der Waals surface area contributed by atoms with E-state index < -0.39 is 11.7 Å². The lowest BCUT2D eigenvalue weighted by Gasteiger charge is -2.16. The van der Waals surface area contributed by atoms with Crippen molar-refractivity contribution >= 4 is 0 Å². The zero-order valence-electron chi connectivity index (χ0n) is 9.37. The largest absolute Gasteiger partial charge is 0.416 e. The lowest BCUT2D eigenvalue weighted by Crippen LogP contribution is -2.08. The second-order valence-electron chi connectivity index (χ2n) is 4.18. The van der Waals surface area contributed by atoms with Gasteiger partial charge in [0.15, 0.2) is 0 Å². The summed E-state index contributed by atoms with van der Waals surface area (Å²) in [6, 6.07) is 2.45. The van der Waals surface area contributed by atoms with E-state index in [-0.39, 0.29) is 5.92 Å². The summed E-state index contributed by atoms with van der Waals surface area (Å²) in [6.45, 7) is 7.44. The van der Waals surface area contributed by atoms with Gasteiger partial charge in [-0.05, 0) is 48.6 Å². The first kappa shape index (κ1) is 12.1. The molecule has 0 aliphatic rings. The SMILES string of the molecule is Cc1cc(C(F)(F)F)cc(C)c1C(C)C. The maximum absolute atomic E-state index is 12.5. The molecule has 0 aromatic heterocycles. The molecule has 0 amide bonds. The fourth-order valence-electron chi connectivity index (χ4n) is 2.05. The van der Waals surface area contributed by atoms with Gasteiger partial charge in [0, 0.05) is 0 Å². The number of halogens is 3. The standard InChI is InChI=1S/C12H15F3/c1-7(2)11-8(3)5-10(6-9(11)4)12(13,14)15/h5-7H,1-4H3. The second kappa shape index (κ2) is 3.87. The third-order valence-electron chi connectivity index (χ3n) is 2.50. The smallest absolute Gasteiger partial charge is 0.166 e. The van der Waals surface area contributed by atoms with E-state index in [0.717, 1.165) is 16.7 Å².